The van der Waals surface area contributed by atoms with Crippen molar-refractivity contribution in [2.24, 2.45) is 0 Å². The molecule has 0 radical (unpaired) electrons. The molecule has 1 atom stereocenters. The van der Waals surface area contributed by atoms with Gasteiger partial charge < -0.3 is 5.32 Å². The van der Waals surface area contributed by atoms with Crippen LogP contribution in [0, 0.1) is 13.8 Å². The first-order valence-corrected chi connectivity index (χ1v) is 9.97. The number of aromatic nitrogens is 2. The van der Waals surface area contributed by atoms with Gasteiger partial charge in [0.15, 0.2) is 0 Å². The van der Waals surface area contributed by atoms with Crippen molar-refractivity contribution in [1.29, 1.82) is 0 Å². The molecule has 0 aliphatic heterocycles. The summed E-state index contributed by atoms with van der Waals surface area (Å²) in [7, 11) is 0. The topological polar surface area (TPSA) is 46.9 Å². The van der Waals surface area contributed by atoms with Crippen molar-refractivity contribution in [1.82, 2.24) is 15.1 Å². The van der Waals surface area contributed by atoms with Crippen LogP contribution in [0.5, 0.6) is 0 Å². The molecule has 0 spiro atoms. The van der Waals surface area contributed by atoms with Crippen LogP contribution in [0.25, 0.3) is 5.69 Å². The predicted molar refractivity (Wildman–Crippen MR) is 114 cm³/mol. The minimum Gasteiger partial charge on any atom is -0.354 e. The molecule has 0 aliphatic rings. The minimum atomic E-state index is 0.114. The van der Waals surface area contributed by atoms with Gasteiger partial charge in [0.2, 0.25) is 5.91 Å². The molecule has 3 rings (SSSR count). The van der Waals surface area contributed by atoms with E-state index in [-0.39, 0.29) is 11.9 Å². The first-order valence-electron chi connectivity index (χ1n) is 9.97. The molecule has 0 saturated carbocycles. The number of nitrogens with zero attached hydrogens (tertiary/aromatic N) is 2. The summed E-state index contributed by atoms with van der Waals surface area (Å²) in [5.41, 5.74) is 5.66. The van der Waals surface area contributed by atoms with Crippen LogP contribution < -0.4 is 5.32 Å². The Morgan fingerprint density at radius 1 is 1.00 bits per heavy atom. The van der Waals surface area contributed by atoms with Crippen LogP contribution in [-0.4, -0.2) is 21.7 Å². The zero-order valence-electron chi connectivity index (χ0n) is 17.0. The summed E-state index contributed by atoms with van der Waals surface area (Å²) in [6.07, 6.45) is 3.19. The van der Waals surface area contributed by atoms with Gasteiger partial charge in [-0.25, -0.2) is 4.68 Å². The zero-order chi connectivity index (χ0) is 19.9. The Morgan fingerprint density at radius 3 is 2.32 bits per heavy atom. The van der Waals surface area contributed by atoms with Gasteiger partial charge >= 0.3 is 0 Å². The highest BCUT2D eigenvalue weighted by Gasteiger charge is 2.09. The predicted octanol–water partition coefficient (Wildman–Crippen LogP) is 4.56. The molecular weight excluding hydrogens is 346 g/mol. The van der Waals surface area contributed by atoms with Crippen molar-refractivity contribution in [2.75, 3.05) is 0 Å². The standard InChI is InChI=1S/C24H29N3O/c1-18(9-10-21-7-5-4-6-8-21)25-24(28)16-13-22-11-14-23(15-12-22)27-20(3)17-19(2)26-27/h4-8,11-12,14-15,17-18H,9-10,13,16H2,1-3H3,(H,25,28). The van der Waals surface area contributed by atoms with Gasteiger partial charge in [0.1, 0.15) is 0 Å². The molecule has 1 N–H and O–H groups in total. The van der Waals surface area contributed by atoms with Gasteiger partial charge in [-0.1, -0.05) is 42.5 Å². The molecule has 4 heteroatoms. The fourth-order valence-corrected chi connectivity index (χ4v) is 3.40. The lowest BCUT2D eigenvalue weighted by Crippen LogP contribution is -2.33. The van der Waals surface area contributed by atoms with Gasteiger partial charge in [-0.05, 0) is 69.4 Å². The third kappa shape index (κ3) is 5.56. The molecule has 1 amide bonds. The number of amides is 1. The largest absolute Gasteiger partial charge is 0.354 e. The van der Waals surface area contributed by atoms with E-state index in [4.69, 9.17) is 0 Å². The summed E-state index contributed by atoms with van der Waals surface area (Å²) < 4.78 is 1.94. The molecule has 2 aromatic carbocycles. The van der Waals surface area contributed by atoms with E-state index in [0.29, 0.717) is 6.42 Å². The quantitative estimate of drug-likeness (QED) is 0.627. The van der Waals surface area contributed by atoms with Crippen LogP contribution in [0.4, 0.5) is 0 Å². The summed E-state index contributed by atoms with van der Waals surface area (Å²) in [6.45, 7) is 6.12. The molecule has 0 aliphatic carbocycles. The Kier molecular flexibility index (Phi) is 6.64. The maximum absolute atomic E-state index is 12.2. The van der Waals surface area contributed by atoms with Crippen molar-refractivity contribution in [3.05, 3.63) is 83.2 Å². The lowest BCUT2D eigenvalue weighted by atomic mass is 10.1. The Morgan fingerprint density at radius 2 is 1.68 bits per heavy atom. The number of benzene rings is 2. The van der Waals surface area contributed by atoms with Crippen LogP contribution >= 0.6 is 0 Å². The Hall–Kier alpha value is -2.88. The summed E-state index contributed by atoms with van der Waals surface area (Å²) >= 11 is 0. The molecule has 3 aromatic rings. The maximum atomic E-state index is 12.2. The summed E-state index contributed by atoms with van der Waals surface area (Å²) in [6, 6.07) is 20.9. The van der Waals surface area contributed by atoms with Crippen molar-refractivity contribution in [2.45, 2.75) is 52.5 Å². The molecule has 1 unspecified atom stereocenters. The van der Waals surface area contributed by atoms with Gasteiger partial charge in [-0.2, -0.15) is 5.10 Å². The molecule has 0 fully saturated rings. The van der Waals surface area contributed by atoms with E-state index in [9.17, 15) is 4.79 Å². The van der Waals surface area contributed by atoms with Crippen LogP contribution in [0.2, 0.25) is 0 Å². The maximum Gasteiger partial charge on any atom is 0.220 e. The fourth-order valence-electron chi connectivity index (χ4n) is 3.40. The van der Waals surface area contributed by atoms with Gasteiger partial charge in [0.25, 0.3) is 0 Å². The number of carbonyl (C=O) groups excluding carboxylic acids is 1. The SMILES string of the molecule is Cc1cc(C)n(-c2ccc(CCC(=O)NC(C)CCc3ccccc3)cc2)n1. The van der Waals surface area contributed by atoms with Gasteiger partial charge in [-0.15, -0.1) is 0 Å². The second-order valence-corrected chi connectivity index (χ2v) is 7.50. The number of rotatable bonds is 8. The van der Waals surface area contributed by atoms with Crippen LogP contribution in [0.15, 0.2) is 60.7 Å². The zero-order valence-corrected chi connectivity index (χ0v) is 17.0. The van der Waals surface area contributed by atoms with Crippen molar-refractivity contribution in [3.8, 4) is 5.69 Å². The van der Waals surface area contributed by atoms with E-state index >= 15 is 0 Å². The average Bonchev–Trinajstić information content (AvgIpc) is 3.04. The number of aryl methyl sites for hydroxylation is 4. The fraction of sp³-hybridized carbons (Fsp3) is 0.333. The first kappa shape index (κ1) is 19.9. The Labute approximate surface area is 167 Å². The smallest absolute Gasteiger partial charge is 0.220 e. The Balaban J connectivity index is 1.44. The van der Waals surface area contributed by atoms with Gasteiger partial charge in [0, 0.05) is 18.2 Å². The van der Waals surface area contributed by atoms with E-state index in [2.05, 4.69) is 78.9 Å². The molecule has 4 nitrogen and oxygen atoms in total. The highest BCUT2D eigenvalue weighted by molar-refractivity contribution is 5.76. The van der Waals surface area contributed by atoms with Crippen LogP contribution in [-0.2, 0) is 17.6 Å². The van der Waals surface area contributed by atoms with E-state index in [0.717, 1.165) is 41.9 Å². The lowest BCUT2D eigenvalue weighted by Gasteiger charge is -2.14. The van der Waals surface area contributed by atoms with E-state index in [1.165, 1.54) is 5.56 Å². The lowest BCUT2D eigenvalue weighted by molar-refractivity contribution is -0.121. The molecule has 1 aromatic heterocycles. The van der Waals surface area contributed by atoms with Gasteiger partial charge in [-0.3, -0.25) is 4.79 Å². The summed E-state index contributed by atoms with van der Waals surface area (Å²) in [4.78, 5) is 12.2. The third-order valence-electron chi connectivity index (χ3n) is 4.95. The number of carbonyl (C=O) groups is 1. The number of hydrogen-bond donors (Lipinski definition) is 1. The second kappa shape index (κ2) is 9.36. The molecule has 28 heavy (non-hydrogen) atoms. The summed E-state index contributed by atoms with van der Waals surface area (Å²) in [5, 5.41) is 7.62. The molecule has 146 valence electrons. The summed E-state index contributed by atoms with van der Waals surface area (Å²) in [5.74, 6) is 0.114. The molecule has 1 heterocycles. The van der Waals surface area contributed by atoms with Crippen molar-refractivity contribution >= 4 is 5.91 Å². The molecule has 0 saturated heterocycles. The molecule has 0 bridgehead atoms. The Bertz CT molecular complexity index is 897. The van der Waals surface area contributed by atoms with Crippen molar-refractivity contribution in [3.63, 3.8) is 0 Å². The second-order valence-electron chi connectivity index (χ2n) is 7.50. The van der Waals surface area contributed by atoms with Gasteiger partial charge in [0.05, 0.1) is 11.4 Å². The van der Waals surface area contributed by atoms with Crippen LogP contribution in [0.1, 0.15) is 42.3 Å². The van der Waals surface area contributed by atoms with Crippen molar-refractivity contribution < 1.29 is 4.79 Å². The first-order chi connectivity index (χ1) is 13.5. The molecular formula is C24H29N3O. The van der Waals surface area contributed by atoms with Crippen LogP contribution in [0.3, 0.4) is 0 Å². The average molecular weight is 376 g/mol. The third-order valence-corrected chi connectivity index (χ3v) is 4.95. The normalized spacial score (nSPS) is 12.0. The van der Waals surface area contributed by atoms with E-state index in [1.807, 2.05) is 17.7 Å². The monoisotopic (exact) mass is 375 g/mol. The van der Waals surface area contributed by atoms with E-state index < -0.39 is 0 Å². The number of nitrogens with one attached hydrogen (secondary N) is 1. The highest BCUT2D eigenvalue weighted by atomic mass is 16.1. The van der Waals surface area contributed by atoms with E-state index in [1.54, 1.807) is 0 Å². The number of hydrogen-bond acceptors (Lipinski definition) is 2. The highest BCUT2D eigenvalue weighted by Crippen LogP contribution is 2.14. The minimum absolute atomic E-state index is 0.114.